The first-order valence-corrected chi connectivity index (χ1v) is 12.7. The molecule has 4 rings (SSSR count). The average Bonchev–Trinajstić information content (AvgIpc) is 3.36. The molecule has 1 amide bonds. The van der Waals surface area contributed by atoms with E-state index in [2.05, 4.69) is 37.3 Å². The molecule has 0 aliphatic heterocycles. The van der Waals surface area contributed by atoms with E-state index in [-0.39, 0.29) is 42.2 Å². The molecule has 1 aliphatic rings. The number of alkyl halides is 2. The van der Waals surface area contributed by atoms with Crippen molar-refractivity contribution in [1.29, 1.82) is 10.5 Å². The number of anilines is 1. The maximum Gasteiger partial charge on any atom is 0.282 e. The van der Waals surface area contributed by atoms with Crippen LogP contribution in [0.25, 0.3) is 0 Å². The molecule has 0 saturated carbocycles. The Labute approximate surface area is 238 Å². The third kappa shape index (κ3) is 5.60. The standard InChI is InChI=1S/C18H21F2N3O.C8Cl4N2/c1-10-8-18(2,3)12-6-5-7-13(14(10)12)21-17(24)11-9-23(4)22-15(11)16(19)20;9-5-3(1-13)6(10)8(12)7(11)4(5)2-14/h5-7,9-10,16H,8H2,1-4H3,(H,21,24);. The van der Waals surface area contributed by atoms with E-state index in [1.165, 1.54) is 23.5 Å². The second-order valence-electron chi connectivity index (χ2n) is 9.34. The number of hydrogen-bond donors (Lipinski definition) is 1. The van der Waals surface area contributed by atoms with Gasteiger partial charge in [-0.1, -0.05) is 79.3 Å². The smallest absolute Gasteiger partial charge is 0.282 e. The van der Waals surface area contributed by atoms with Gasteiger partial charge in [0, 0.05) is 18.9 Å². The summed E-state index contributed by atoms with van der Waals surface area (Å²) in [5.41, 5.74) is 2.37. The van der Waals surface area contributed by atoms with Crippen LogP contribution in [0.15, 0.2) is 24.4 Å². The van der Waals surface area contributed by atoms with Crippen molar-refractivity contribution in [3.8, 4) is 12.1 Å². The predicted molar refractivity (Wildman–Crippen MR) is 145 cm³/mol. The van der Waals surface area contributed by atoms with Crippen LogP contribution in [-0.2, 0) is 12.5 Å². The average molecular weight is 599 g/mol. The monoisotopic (exact) mass is 597 g/mol. The Morgan fingerprint density at radius 1 is 1.11 bits per heavy atom. The van der Waals surface area contributed by atoms with Crippen molar-refractivity contribution in [2.45, 2.75) is 45.0 Å². The van der Waals surface area contributed by atoms with Gasteiger partial charge in [0.25, 0.3) is 12.3 Å². The highest BCUT2D eigenvalue weighted by molar-refractivity contribution is 6.50. The van der Waals surface area contributed by atoms with E-state index in [1.54, 1.807) is 12.1 Å². The van der Waals surface area contributed by atoms with E-state index in [0.29, 0.717) is 11.6 Å². The Kier molecular flexibility index (Phi) is 8.96. The molecule has 0 radical (unpaired) electrons. The van der Waals surface area contributed by atoms with Crippen LogP contribution in [-0.4, -0.2) is 15.7 Å². The Morgan fingerprint density at radius 3 is 2.21 bits per heavy atom. The van der Waals surface area contributed by atoms with Gasteiger partial charge in [-0.15, -0.1) is 0 Å². The Bertz CT molecular complexity index is 1460. The highest BCUT2D eigenvalue weighted by Crippen LogP contribution is 2.48. The molecule has 12 heteroatoms. The van der Waals surface area contributed by atoms with Crippen LogP contribution in [0.4, 0.5) is 14.5 Å². The van der Waals surface area contributed by atoms with Crippen LogP contribution >= 0.6 is 46.4 Å². The minimum atomic E-state index is -2.79. The van der Waals surface area contributed by atoms with Gasteiger partial charge in [-0.2, -0.15) is 15.6 Å². The van der Waals surface area contributed by atoms with Gasteiger partial charge in [0.15, 0.2) is 0 Å². The predicted octanol–water partition coefficient (Wildman–Crippen LogP) is 8.44. The summed E-state index contributed by atoms with van der Waals surface area (Å²) >= 11 is 22.8. The molecule has 0 fully saturated rings. The number of halogens is 6. The van der Waals surface area contributed by atoms with Crippen molar-refractivity contribution in [1.82, 2.24) is 9.78 Å². The first-order chi connectivity index (χ1) is 17.7. The van der Waals surface area contributed by atoms with Crippen LogP contribution in [0.1, 0.15) is 77.8 Å². The molecule has 1 N–H and O–H groups in total. The molecule has 1 unspecified atom stereocenters. The molecule has 1 aromatic heterocycles. The molecule has 2 aromatic carbocycles. The number of nitrogens with one attached hydrogen (secondary N) is 1. The molecule has 1 aliphatic carbocycles. The number of benzene rings is 2. The van der Waals surface area contributed by atoms with Gasteiger partial charge in [-0.3, -0.25) is 9.48 Å². The summed E-state index contributed by atoms with van der Waals surface area (Å²) < 4.78 is 27.4. The van der Waals surface area contributed by atoms with Crippen LogP contribution in [0.3, 0.4) is 0 Å². The third-order valence-corrected chi connectivity index (χ3v) is 7.89. The Hall–Kier alpha value is -2.88. The van der Waals surface area contributed by atoms with Gasteiger partial charge in [0.1, 0.15) is 17.8 Å². The second-order valence-corrected chi connectivity index (χ2v) is 10.9. The lowest BCUT2D eigenvalue weighted by Crippen LogP contribution is -2.16. The highest BCUT2D eigenvalue weighted by Gasteiger charge is 2.36. The van der Waals surface area contributed by atoms with Gasteiger partial charge in [0.2, 0.25) is 0 Å². The number of aromatic nitrogens is 2. The summed E-state index contributed by atoms with van der Waals surface area (Å²) in [6.45, 7) is 6.48. The summed E-state index contributed by atoms with van der Waals surface area (Å²) in [5.74, 6) is -0.251. The topological polar surface area (TPSA) is 94.5 Å². The first-order valence-electron chi connectivity index (χ1n) is 11.2. The van der Waals surface area contributed by atoms with Crippen molar-refractivity contribution < 1.29 is 13.6 Å². The van der Waals surface area contributed by atoms with Gasteiger partial charge in [-0.05, 0) is 34.9 Å². The van der Waals surface area contributed by atoms with Gasteiger partial charge in [0.05, 0.1) is 36.8 Å². The molecule has 0 spiro atoms. The van der Waals surface area contributed by atoms with Crippen molar-refractivity contribution in [2.75, 3.05) is 5.32 Å². The quantitative estimate of drug-likeness (QED) is 0.242. The van der Waals surface area contributed by atoms with E-state index in [1.807, 2.05) is 12.1 Å². The van der Waals surface area contributed by atoms with Crippen LogP contribution in [0, 0.1) is 22.7 Å². The van der Waals surface area contributed by atoms with E-state index in [4.69, 9.17) is 56.9 Å². The highest BCUT2D eigenvalue weighted by atomic mass is 35.5. The number of nitrogens with zero attached hydrogens (tertiary/aromatic N) is 4. The van der Waals surface area contributed by atoms with Crippen molar-refractivity contribution in [3.63, 3.8) is 0 Å². The van der Waals surface area contributed by atoms with Gasteiger partial charge in [-0.25, -0.2) is 8.78 Å². The van der Waals surface area contributed by atoms with E-state index in [9.17, 15) is 13.6 Å². The van der Waals surface area contributed by atoms with Crippen LogP contribution < -0.4 is 5.32 Å². The summed E-state index contributed by atoms with van der Waals surface area (Å²) in [6.07, 6.45) is -0.469. The maximum atomic E-state index is 13.1. The fourth-order valence-corrected chi connectivity index (χ4v) is 5.70. The molecular formula is C26H21Cl4F2N5O. The Balaban J connectivity index is 0.000000244. The van der Waals surface area contributed by atoms with Crippen LogP contribution in [0.2, 0.25) is 20.1 Å². The van der Waals surface area contributed by atoms with Gasteiger partial charge < -0.3 is 5.32 Å². The minimum absolute atomic E-state index is 0.0363. The number of rotatable bonds is 3. The number of fused-ring (bicyclic) bond motifs is 1. The van der Waals surface area contributed by atoms with E-state index in [0.717, 1.165) is 12.0 Å². The number of carbonyl (C=O) groups excluding carboxylic acids is 1. The molecule has 3 aromatic rings. The molecule has 6 nitrogen and oxygen atoms in total. The lowest BCUT2D eigenvalue weighted by atomic mass is 9.86. The minimum Gasteiger partial charge on any atom is -0.322 e. The van der Waals surface area contributed by atoms with Crippen molar-refractivity contribution >= 4 is 58.0 Å². The normalized spacial score (nSPS) is 15.2. The zero-order chi connectivity index (χ0) is 28.5. The fourth-order valence-electron chi connectivity index (χ4n) is 4.63. The molecule has 1 atom stereocenters. The lowest BCUT2D eigenvalue weighted by molar-refractivity contribution is 0.101. The fraction of sp³-hybridized carbons (Fsp3) is 0.308. The largest absolute Gasteiger partial charge is 0.322 e. The molecule has 38 heavy (non-hydrogen) atoms. The number of nitriles is 2. The van der Waals surface area contributed by atoms with Crippen molar-refractivity contribution in [3.05, 3.63) is 78.0 Å². The summed E-state index contributed by atoms with van der Waals surface area (Å²) in [4.78, 5) is 12.5. The number of amides is 1. The first kappa shape index (κ1) is 29.7. The van der Waals surface area contributed by atoms with Crippen LogP contribution in [0.5, 0.6) is 0 Å². The summed E-state index contributed by atoms with van der Waals surface area (Å²) in [5, 5.41) is 23.7. The van der Waals surface area contributed by atoms with E-state index < -0.39 is 18.0 Å². The number of carbonyl (C=O) groups is 1. The molecule has 0 bridgehead atoms. The third-order valence-electron chi connectivity index (χ3n) is 6.19. The summed E-state index contributed by atoms with van der Waals surface area (Å²) in [7, 11) is 1.52. The lowest BCUT2D eigenvalue weighted by Gasteiger charge is -2.19. The number of aryl methyl sites for hydroxylation is 1. The zero-order valence-electron chi connectivity index (χ0n) is 20.6. The van der Waals surface area contributed by atoms with Crippen molar-refractivity contribution in [2.24, 2.45) is 7.05 Å². The Morgan fingerprint density at radius 2 is 1.68 bits per heavy atom. The molecule has 198 valence electrons. The number of hydrogen-bond acceptors (Lipinski definition) is 4. The maximum absolute atomic E-state index is 13.1. The molecule has 0 saturated heterocycles. The second kappa shape index (κ2) is 11.5. The van der Waals surface area contributed by atoms with Gasteiger partial charge >= 0.3 is 0 Å². The zero-order valence-corrected chi connectivity index (χ0v) is 23.7. The molecular weight excluding hydrogens is 578 g/mol. The van der Waals surface area contributed by atoms with E-state index >= 15 is 0 Å². The SMILES string of the molecule is CC1CC(C)(C)c2cccc(NC(=O)c3cn(C)nc3C(F)F)c21.N#Cc1c(Cl)c(Cl)c(Cl)c(C#N)c1Cl. The molecule has 1 heterocycles. The summed E-state index contributed by atoms with van der Waals surface area (Å²) in [6, 6.07) is 9.29.